The van der Waals surface area contributed by atoms with E-state index in [2.05, 4.69) is 5.32 Å². The zero-order valence-corrected chi connectivity index (χ0v) is 16.9. The van der Waals surface area contributed by atoms with Crippen LogP contribution in [0.1, 0.15) is 41.3 Å². The van der Waals surface area contributed by atoms with Crippen LogP contribution in [-0.4, -0.2) is 35.1 Å². The Morgan fingerprint density at radius 2 is 1.70 bits per heavy atom. The van der Waals surface area contributed by atoms with Gasteiger partial charge in [0, 0.05) is 29.2 Å². The number of carbonyl (C=O) groups excluding carboxylic acids is 2. The van der Waals surface area contributed by atoms with Gasteiger partial charge in [-0.05, 0) is 69.5 Å². The highest BCUT2D eigenvalue weighted by Gasteiger charge is 2.20. The molecule has 1 atom stereocenters. The number of carbonyl (C=O) groups is 2. The molecule has 1 heterocycles. The predicted molar refractivity (Wildman–Crippen MR) is 111 cm³/mol. The fourth-order valence-corrected chi connectivity index (χ4v) is 4.02. The van der Waals surface area contributed by atoms with Crippen LogP contribution >= 0.6 is 11.8 Å². The molecule has 1 aliphatic heterocycles. The third-order valence-corrected chi connectivity index (χ3v) is 5.94. The fourth-order valence-electron chi connectivity index (χ4n) is 3.15. The SMILES string of the molecule is Cc1ccc(SC(C)C(=O)Nc2ccc(C(=O)N3CCCC3)cc2C)cc1. The van der Waals surface area contributed by atoms with Crippen molar-refractivity contribution in [3.8, 4) is 0 Å². The van der Waals surface area contributed by atoms with Gasteiger partial charge in [0.05, 0.1) is 5.25 Å². The summed E-state index contributed by atoms with van der Waals surface area (Å²) in [6.45, 7) is 7.55. The number of aryl methyl sites for hydroxylation is 2. The molecule has 142 valence electrons. The van der Waals surface area contributed by atoms with E-state index >= 15 is 0 Å². The Hall–Kier alpha value is -2.27. The molecule has 1 fully saturated rings. The first-order valence-corrected chi connectivity index (χ1v) is 10.3. The van der Waals surface area contributed by atoms with E-state index in [-0.39, 0.29) is 17.1 Å². The molecular formula is C22H26N2O2S. The van der Waals surface area contributed by atoms with Gasteiger partial charge in [-0.2, -0.15) is 0 Å². The normalized spacial score (nSPS) is 14.9. The summed E-state index contributed by atoms with van der Waals surface area (Å²) in [5, 5.41) is 2.78. The van der Waals surface area contributed by atoms with Gasteiger partial charge in [0.15, 0.2) is 0 Å². The number of thioether (sulfide) groups is 1. The third kappa shape index (κ3) is 4.92. The lowest BCUT2D eigenvalue weighted by Crippen LogP contribution is -2.27. The molecule has 0 radical (unpaired) electrons. The van der Waals surface area contributed by atoms with Crippen molar-refractivity contribution in [2.45, 2.75) is 43.8 Å². The summed E-state index contributed by atoms with van der Waals surface area (Å²) in [6.07, 6.45) is 2.16. The van der Waals surface area contributed by atoms with Crippen LogP contribution < -0.4 is 5.32 Å². The minimum absolute atomic E-state index is 0.0395. The monoisotopic (exact) mass is 382 g/mol. The van der Waals surface area contributed by atoms with Gasteiger partial charge in [-0.25, -0.2) is 0 Å². The van der Waals surface area contributed by atoms with Crippen molar-refractivity contribution < 1.29 is 9.59 Å². The zero-order chi connectivity index (χ0) is 19.4. The molecule has 2 aromatic carbocycles. The van der Waals surface area contributed by atoms with E-state index in [9.17, 15) is 9.59 Å². The van der Waals surface area contributed by atoms with Crippen LogP contribution in [0, 0.1) is 13.8 Å². The molecule has 0 bridgehead atoms. The van der Waals surface area contributed by atoms with Gasteiger partial charge in [-0.3, -0.25) is 9.59 Å². The Morgan fingerprint density at radius 3 is 2.33 bits per heavy atom. The number of benzene rings is 2. The van der Waals surface area contributed by atoms with Gasteiger partial charge >= 0.3 is 0 Å². The minimum atomic E-state index is -0.210. The molecule has 0 saturated carbocycles. The maximum absolute atomic E-state index is 12.6. The first-order valence-electron chi connectivity index (χ1n) is 9.38. The molecule has 1 aliphatic rings. The van der Waals surface area contributed by atoms with Crippen LogP contribution in [0.2, 0.25) is 0 Å². The van der Waals surface area contributed by atoms with E-state index in [4.69, 9.17) is 0 Å². The number of hydrogen-bond donors (Lipinski definition) is 1. The minimum Gasteiger partial charge on any atom is -0.339 e. The highest BCUT2D eigenvalue weighted by molar-refractivity contribution is 8.00. The number of rotatable bonds is 5. The average molecular weight is 383 g/mol. The van der Waals surface area contributed by atoms with Gasteiger partial charge in [0.2, 0.25) is 5.91 Å². The van der Waals surface area contributed by atoms with Gasteiger partial charge in [-0.15, -0.1) is 11.8 Å². The van der Waals surface area contributed by atoms with E-state index in [0.29, 0.717) is 5.56 Å². The number of nitrogens with one attached hydrogen (secondary N) is 1. The van der Waals surface area contributed by atoms with Gasteiger partial charge < -0.3 is 10.2 Å². The number of anilines is 1. The van der Waals surface area contributed by atoms with Crippen molar-refractivity contribution in [2.24, 2.45) is 0 Å². The molecule has 0 spiro atoms. The summed E-state index contributed by atoms with van der Waals surface area (Å²) >= 11 is 1.54. The van der Waals surface area contributed by atoms with Gasteiger partial charge in [-0.1, -0.05) is 17.7 Å². The van der Waals surface area contributed by atoms with Crippen LogP contribution in [0.5, 0.6) is 0 Å². The van der Waals surface area contributed by atoms with Gasteiger partial charge in [0.25, 0.3) is 5.91 Å². The maximum Gasteiger partial charge on any atom is 0.253 e. The highest BCUT2D eigenvalue weighted by Crippen LogP contribution is 2.25. The van der Waals surface area contributed by atoms with E-state index in [1.54, 1.807) is 6.07 Å². The van der Waals surface area contributed by atoms with Crippen molar-refractivity contribution in [1.29, 1.82) is 0 Å². The van der Waals surface area contributed by atoms with E-state index in [0.717, 1.165) is 42.1 Å². The number of likely N-dealkylation sites (tertiary alicyclic amines) is 1. The third-order valence-electron chi connectivity index (χ3n) is 4.83. The van der Waals surface area contributed by atoms with Crippen molar-refractivity contribution in [3.05, 3.63) is 59.2 Å². The molecule has 5 heteroatoms. The van der Waals surface area contributed by atoms with Crippen LogP contribution in [-0.2, 0) is 4.79 Å². The molecule has 0 aromatic heterocycles. The number of amides is 2. The molecule has 27 heavy (non-hydrogen) atoms. The average Bonchev–Trinajstić information content (AvgIpc) is 3.19. The second kappa shape index (κ2) is 8.61. The lowest BCUT2D eigenvalue weighted by Gasteiger charge is -2.17. The summed E-state index contributed by atoms with van der Waals surface area (Å²) < 4.78 is 0. The van der Waals surface area contributed by atoms with Crippen molar-refractivity contribution in [1.82, 2.24) is 4.90 Å². The topological polar surface area (TPSA) is 49.4 Å². The predicted octanol–water partition coefficient (Wildman–Crippen LogP) is 4.66. The van der Waals surface area contributed by atoms with E-state index < -0.39 is 0 Å². The molecule has 0 aliphatic carbocycles. The summed E-state index contributed by atoms with van der Waals surface area (Å²) in [5.41, 5.74) is 3.56. The molecule has 1 unspecified atom stereocenters. The molecule has 3 rings (SSSR count). The molecular weight excluding hydrogens is 356 g/mol. The Bertz CT molecular complexity index is 827. The molecule has 4 nitrogen and oxygen atoms in total. The lowest BCUT2D eigenvalue weighted by atomic mass is 10.1. The quantitative estimate of drug-likeness (QED) is 0.765. The van der Waals surface area contributed by atoms with E-state index in [1.807, 2.05) is 62.1 Å². The van der Waals surface area contributed by atoms with Crippen molar-refractivity contribution in [2.75, 3.05) is 18.4 Å². The Balaban J connectivity index is 1.63. The first kappa shape index (κ1) is 19.5. The molecule has 2 aromatic rings. The summed E-state index contributed by atoms with van der Waals surface area (Å²) in [7, 11) is 0. The standard InChI is InChI=1S/C22H26N2O2S/c1-15-6-9-19(10-7-15)27-17(3)21(25)23-20-11-8-18(14-16(20)2)22(26)24-12-4-5-13-24/h6-11,14,17H,4-5,12-13H2,1-3H3,(H,23,25). The summed E-state index contributed by atoms with van der Waals surface area (Å²) in [6, 6.07) is 13.7. The van der Waals surface area contributed by atoms with Gasteiger partial charge in [0.1, 0.15) is 0 Å². The van der Waals surface area contributed by atoms with Crippen LogP contribution in [0.15, 0.2) is 47.4 Å². The second-order valence-corrected chi connectivity index (χ2v) is 8.51. The Labute approximate surface area is 165 Å². The number of hydrogen-bond acceptors (Lipinski definition) is 3. The van der Waals surface area contributed by atoms with Crippen molar-refractivity contribution in [3.63, 3.8) is 0 Å². The van der Waals surface area contributed by atoms with Crippen LogP contribution in [0.25, 0.3) is 0 Å². The largest absolute Gasteiger partial charge is 0.339 e. The fraction of sp³-hybridized carbons (Fsp3) is 0.364. The molecule has 2 amide bonds. The van der Waals surface area contributed by atoms with Crippen molar-refractivity contribution >= 4 is 29.3 Å². The first-order chi connectivity index (χ1) is 12.9. The Kier molecular flexibility index (Phi) is 6.22. The van der Waals surface area contributed by atoms with Crippen LogP contribution in [0.3, 0.4) is 0 Å². The number of nitrogens with zero attached hydrogens (tertiary/aromatic N) is 1. The zero-order valence-electron chi connectivity index (χ0n) is 16.1. The highest BCUT2D eigenvalue weighted by atomic mass is 32.2. The Morgan fingerprint density at radius 1 is 1.04 bits per heavy atom. The lowest BCUT2D eigenvalue weighted by molar-refractivity contribution is -0.115. The molecule has 1 saturated heterocycles. The summed E-state index contributed by atoms with van der Waals surface area (Å²) in [5.74, 6) is 0.0408. The summed E-state index contributed by atoms with van der Waals surface area (Å²) in [4.78, 5) is 28.0. The second-order valence-electron chi connectivity index (χ2n) is 7.09. The smallest absolute Gasteiger partial charge is 0.253 e. The van der Waals surface area contributed by atoms with E-state index in [1.165, 1.54) is 17.3 Å². The molecule has 1 N–H and O–H groups in total. The van der Waals surface area contributed by atoms with Crippen LogP contribution in [0.4, 0.5) is 5.69 Å². The maximum atomic E-state index is 12.6.